The molecule has 7 nitrogen and oxygen atoms in total. The fraction of sp³-hybridized carbons (Fsp3) is 0.214. The monoisotopic (exact) mass is 473 g/mol. The van der Waals surface area contributed by atoms with Gasteiger partial charge >= 0.3 is 6.09 Å². The minimum absolute atomic E-state index is 0.108. The molecule has 4 rings (SSSR count). The molecule has 0 radical (unpaired) electrons. The van der Waals surface area contributed by atoms with E-state index < -0.39 is 18.0 Å². The van der Waals surface area contributed by atoms with E-state index in [0.717, 1.165) is 11.1 Å². The summed E-state index contributed by atoms with van der Waals surface area (Å²) in [5.74, 6) is 0.678. The number of cyclic esters (lactones) is 1. The van der Waals surface area contributed by atoms with Crippen LogP contribution in [0.4, 0.5) is 4.79 Å². The van der Waals surface area contributed by atoms with Crippen molar-refractivity contribution in [1.29, 1.82) is 0 Å². The maximum Gasteiger partial charge on any atom is 0.417 e. The Morgan fingerprint density at radius 3 is 1.94 bits per heavy atom. The van der Waals surface area contributed by atoms with E-state index in [0.29, 0.717) is 22.8 Å². The van der Waals surface area contributed by atoms with E-state index in [2.05, 4.69) is 0 Å². The molecule has 0 unspecified atom stereocenters. The highest BCUT2D eigenvalue weighted by molar-refractivity contribution is 6.02. The molecule has 0 spiro atoms. The summed E-state index contributed by atoms with van der Waals surface area (Å²) in [6.45, 7) is 0.108. The molecule has 0 aliphatic carbocycles. The summed E-state index contributed by atoms with van der Waals surface area (Å²) in [4.78, 5) is 27.2. The Labute approximate surface area is 204 Å². The minimum Gasteiger partial charge on any atom is -0.493 e. The van der Waals surface area contributed by atoms with Crippen molar-refractivity contribution in [2.75, 3.05) is 27.9 Å². The maximum atomic E-state index is 13.3. The minimum atomic E-state index is -0.661. The molecule has 1 aliphatic rings. The zero-order valence-electron chi connectivity index (χ0n) is 19.8. The molecule has 0 bridgehead atoms. The van der Waals surface area contributed by atoms with Gasteiger partial charge in [-0.2, -0.15) is 0 Å². The SMILES string of the molecule is COc1cc(/C=C/C(=O)N2C(=O)OC[C@H]2C(c2ccccc2)c2ccccc2)cc(OC)c1OC. The van der Waals surface area contributed by atoms with Crippen molar-refractivity contribution in [3.05, 3.63) is 95.6 Å². The molecule has 3 aromatic carbocycles. The maximum absolute atomic E-state index is 13.3. The highest BCUT2D eigenvalue weighted by Crippen LogP contribution is 2.39. The molecule has 7 heteroatoms. The van der Waals surface area contributed by atoms with Gasteiger partial charge in [0.15, 0.2) is 11.5 Å². The van der Waals surface area contributed by atoms with Gasteiger partial charge in [0.05, 0.1) is 27.4 Å². The van der Waals surface area contributed by atoms with Gasteiger partial charge in [-0.1, -0.05) is 60.7 Å². The topological polar surface area (TPSA) is 74.3 Å². The molecule has 3 aromatic rings. The summed E-state index contributed by atoms with van der Waals surface area (Å²) in [5.41, 5.74) is 2.64. The predicted molar refractivity (Wildman–Crippen MR) is 132 cm³/mol. The van der Waals surface area contributed by atoms with E-state index in [-0.39, 0.29) is 12.5 Å². The molecule has 35 heavy (non-hydrogen) atoms. The number of carbonyl (C=O) groups is 2. The Morgan fingerprint density at radius 1 is 0.914 bits per heavy atom. The number of hydrogen-bond acceptors (Lipinski definition) is 6. The van der Waals surface area contributed by atoms with Gasteiger partial charge in [0.2, 0.25) is 5.75 Å². The van der Waals surface area contributed by atoms with Crippen LogP contribution in [0.3, 0.4) is 0 Å². The first-order chi connectivity index (χ1) is 17.1. The van der Waals surface area contributed by atoms with Gasteiger partial charge in [-0.05, 0) is 34.9 Å². The molecule has 180 valence electrons. The number of hydrogen-bond donors (Lipinski definition) is 0. The van der Waals surface area contributed by atoms with Crippen molar-refractivity contribution in [3.8, 4) is 17.2 Å². The first kappa shape index (κ1) is 23.9. The van der Waals surface area contributed by atoms with Crippen LogP contribution >= 0.6 is 0 Å². The Morgan fingerprint density at radius 2 is 1.46 bits per heavy atom. The standard InChI is InChI=1S/C28H27NO6/c1-32-23-16-19(17-24(33-2)27(23)34-3)14-15-25(30)29-22(18-35-28(29)31)26(20-10-6-4-7-11-20)21-12-8-5-9-13-21/h4-17,22,26H,18H2,1-3H3/b15-14+/t22-/m0/s1. The molecule has 1 aliphatic heterocycles. The van der Waals surface area contributed by atoms with Crippen molar-refractivity contribution in [3.63, 3.8) is 0 Å². The van der Waals surface area contributed by atoms with Crippen molar-refractivity contribution < 1.29 is 28.5 Å². The van der Waals surface area contributed by atoms with E-state index in [4.69, 9.17) is 18.9 Å². The predicted octanol–water partition coefficient (Wildman–Crippen LogP) is 4.91. The molecule has 0 saturated carbocycles. The quantitative estimate of drug-likeness (QED) is 0.433. The Bertz CT molecular complexity index is 1140. The van der Waals surface area contributed by atoms with Crippen LogP contribution < -0.4 is 14.2 Å². The molecule has 1 heterocycles. The summed E-state index contributed by atoms with van der Waals surface area (Å²) >= 11 is 0. The van der Waals surface area contributed by atoms with E-state index in [1.807, 2.05) is 60.7 Å². The first-order valence-electron chi connectivity index (χ1n) is 11.1. The second-order valence-electron chi connectivity index (χ2n) is 7.94. The van der Waals surface area contributed by atoms with Crippen LogP contribution in [0.25, 0.3) is 6.08 Å². The van der Waals surface area contributed by atoms with Crippen molar-refractivity contribution >= 4 is 18.1 Å². The van der Waals surface area contributed by atoms with Gasteiger partial charge in [0, 0.05) is 12.0 Å². The fourth-order valence-corrected chi connectivity index (χ4v) is 4.34. The molecule has 1 fully saturated rings. The molecule has 0 aromatic heterocycles. The third-order valence-corrected chi connectivity index (χ3v) is 5.95. The largest absolute Gasteiger partial charge is 0.493 e. The molecular formula is C28H27NO6. The van der Waals surface area contributed by atoms with Gasteiger partial charge in [-0.25, -0.2) is 9.69 Å². The molecule has 1 atom stereocenters. The summed E-state index contributed by atoms with van der Waals surface area (Å²) < 4.78 is 21.5. The summed E-state index contributed by atoms with van der Waals surface area (Å²) in [6, 6.07) is 22.6. The van der Waals surface area contributed by atoms with Gasteiger partial charge in [0.25, 0.3) is 5.91 Å². The molecule has 1 saturated heterocycles. The number of nitrogens with zero attached hydrogens (tertiary/aromatic N) is 1. The average molecular weight is 474 g/mol. The van der Waals surface area contributed by atoms with Gasteiger partial charge in [0.1, 0.15) is 6.61 Å². The summed E-state index contributed by atoms with van der Waals surface area (Å²) in [5, 5.41) is 0. The molecular weight excluding hydrogens is 446 g/mol. The van der Waals surface area contributed by atoms with E-state index >= 15 is 0 Å². The van der Waals surface area contributed by atoms with Crippen LogP contribution in [-0.2, 0) is 9.53 Å². The lowest BCUT2D eigenvalue weighted by Crippen LogP contribution is -2.42. The highest BCUT2D eigenvalue weighted by Gasteiger charge is 2.42. The Balaban J connectivity index is 1.66. The van der Waals surface area contributed by atoms with Crippen molar-refractivity contribution in [1.82, 2.24) is 4.90 Å². The van der Waals surface area contributed by atoms with Crippen LogP contribution in [0.5, 0.6) is 17.2 Å². The lowest BCUT2D eigenvalue weighted by atomic mass is 9.85. The van der Waals surface area contributed by atoms with Gasteiger partial charge < -0.3 is 18.9 Å². The number of methoxy groups -OCH3 is 3. The van der Waals surface area contributed by atoms with Gasteiger partial charge in [-0.3, -0.25) is 4.79 Å². The second-order valence-corrected chi connectivity index (χ2v) is 7.94. The van der Waals surface area contributed by atoms with E-state index in [9.17, 15) is 9.59 Å². The third kappa shape index (κ3) is 4.99. The second kappa shape index (κ2) is 10.8. The van der Waals surface area contributed by atoms with Crippen LogP contribution in [0.15, 0.2) is 78.9 Å². The van der Waals surface area contributed by atoms with Crippen LogP contribution in [0.2, 0.25) is 0 Å². The molecule has 2 amide bonds. The lowest BCUT2D eigenvalue weighted by Gasteiger charge is -2.28. The smallest absolute Gasteiger partial charge is 0.417 e. The summed E-state index contributed by atoms with van der Waals surface area (Å²) in [6.07, 6.45) is 2.30. The number of rotatable bonds is 8. The normalized spacial score (nSPS) is 15.4. The highest BCUT2D eigenvalue weighted by atomic mass is 16.6. The Hall–Kier alpha value is -4.26. The number of carbonyl (C=O) groups excluding carboxylic acids is 2. The number of amides is 2. The van der Waals surface area contributed by atoms with Crippen molar-refractivity contribution in [2.45, 2.75) is 12.0 Å². The number of benzene rings is 3. The van der Waals surface area contributed by atoms with E-state index in [1.54, 1.807) is 18.2 Å². The van der Waals surface area contributed by atoms with E-state index in [1.165, 1.54) is 32.3 Å². The first-order valence-corrected chi connectivity index (χ1v) is 11.1. The zero-order chi connectivity index (χ0) is 24.8. The zero-order valence-corrected chi connectivity index (χ0v) is 19.8. The third-order valence-electron chi connectivity index (χ3n) is 5.95. The summed E-state index contributed by atoms with van der Waals surface area (Å²) in [7, 11) is 4.57. The average Bonchev–Trinajstić information content (AvgIpc) is 3.28. The number of ether oxygens (including phenoxy) is 4. The van der Waals surface area contributed by atoms with Gasteiger partial charge in [-0.15, -0.1) is 0 Å². The molecule has 0 N–H and O–H groups in total. The fourth-order valence-electron chi connectivity index (χ4n) is 4.34. The Kier molecular flexibility index (Phi) is 7.35. The number of imide groups is 1. The van der Waals surface area contributed by atoms with Crippen LogP contribution in [0, 0.1) is 0 Å². The lowest BCUT2D eigenvalue weighted by molar-refractivity contribution is -0.124. The van der Waals surface area contributed by atoms with Crippen LogP contribution in [0.1, 0.15) is 22.6 Å². The van der Waals surface area contributed by atoms with Crippen LogP contribution in [-0.4, -0.2) is 50.9 Å². The van der Waals surface area contributed by atoms with Crippen molar-refractivity contribution in [2.24, 2.45) is 0 Å².